The van der Waals surface area contributed by atoms with Crippen LogP contribution < -0.4 is 14.8 Å². The maximum Gasteiger partial charge on any atom is 0.321 e. The summed E-state index contributed by atoms with van der Waals surface area (Å²) in [4.78, 5) is 29.1. The summed E-state index contributed by atoms with van der Waals surface area (Å²) >= 11 is 0. The molecule has 2 aromatic rings. The van der Waals surface area contributed by atoms with Crippen LogP contribution in [0.2, 0.25) is 0 Å². The van der Waals surface area contributed by atoms with Gasteiger partial charge in [0.1, 0.15) is 11.9 Å². The number of aliphatic hydroxyl groups excluding tert-OH is 1. The van der Waals surface area contributed by atoms with E-state index in [0.717, 1.165) is 6.26 Å². The van der Waals surface area contributed by atoms with E-state index in [2.05, 4.69) is 10.0 Å². The van der Waals surface area contributed by atoms with E-state index in [1.807, 2.05) is 25.1 Å². The molecule has 0 unspecified atom stereocenters. The first-order valence-electron chi connectivity index (χ1n) is 11.7. The van der Waals surface area contributed by atoms with Crippen LogP contribution in [0, 0.1) is 5.92 Å². The molecule has 3 atom stereocenters. The van der Waals surface area contributed by atoms with Gasteiger partial charge in [-0.05, 0) is 37.3 Å². The first-order chi connectivity index (χ1) is 17.0. The lowest BCUT2D eigenvalue weighted by atomic mass is 10.0. The molecule has 0 saturated carbocycles. The summed E-state index contributed by atoms with van der Waals surface area (Å²) in [6, 6.07) is 13.2. The third-order valence-electron chi connectivity index (χ3n) is 6.05. The Morgan fingerprint density at radius 2 is 1.92 bits per heavy atom. The van der Waals surface area contributed by atoms with Gasteiger partial charge in [-0.1, -0.05) is 25.1 Å². The van der Waals surface area contributed by atoms with Gasteiger partial charge in [-0.15, -0.1) is 0 Å². The van der Waals surface area contributed by atoms with E-state index in [4.69, 9.17) is 4.74 Å². The fourth-order valence-corrected chi connectivity index (χ4v) is 4.57. The van der Waals surface area contributed by atoms with Crippen molar-refractivity contribution in [1.82, 2.24) is 9.80 Å². The second-order valence-corrected chi connectivity index (χ2v) is 11.0. The molecule has 0 spiro atoms. The lowest BCUT2D eigenvalue weighted by Gasteiger charge is -2.34. The number of fused-ring (bicyclic) bond motifs is 1. The molecule has 0 aliphatic carbocycles. The molecule has 0 radical (unpaired) electrons. The van der Waals surface area contributed by atoms with Crippen molar-refractivity contribution in [2.24, 2.45) is 5.92 Å². The van der Waals surface area contributed by atoms with E-state index in [-0.39, 0.29) is 37.4 Å². The molecule has 196 valence electrons. The molecule has 3 rings (SSSR count). The molecule has 0 aromatic heterocycles. The number of carbonyl (C=O) groups is 2. The topological polar surface area (TPSA) is 128 Å². The first-order valence-corrected chi connectivity index (χ1v) is 13.6. The van der Waals surface area contributed by atoms with Gasteiger partial charge in [0.05, 0.1) is 31.9 Å². The Bertz CT molecular complexity index is 1170. The van der Waals surface area contributed by atoms with Gasteiger partial charge < -0.3 is 25.0 Å². The van der Waals surface area contributed by atoms with Crippen LogP contribution in [-0.4, -0.2) is 80.4 Å². The summed E-state index contributed by atoms with van der Waals surface area (Å²) in [5.41, 5.74) is 1.50. The van der Waals surface area contributed by atoms with Gasteiger partial charge in [-0.25, -0.2) is 13.2 Å². The maximum absolute atomic E-state index is 13.2. The van der Waals surface area contributed by atoms with Crippen LogP contribution in [0.25, 0.3) is 0 Å². The molecule has 3 amide bonds. The molecule has 1 aliphatic rings. The average molecular weight is 519 g/mol. The van der Waals surface area contributed by atoms with Crippen LogP contribution in [0.5, 0.6) is 5.75 Å². The number of hydrogen-bond donors (Lipinski definition) is 3. The van der Waals surface area contributed by atoms with Crippen molar-refractivity contribution in [3.8, 4) is 5.75 Å². The summed E-state index contributed by atoms with van der Waals surface area (Å²) in [6.07, 6.45) is 0.543. The Morgan fingerprint density at radius 1 is 1.22 bits per heavy atom. The number of aliphatic hydroxyl groups is 1. The Labute approximate surface area is 212 Å². The summed E-state index contributed by atoms with van der Waals surface area (Å²) in [5.74, 6) is 0.0462. The van der Waals surface area contributed by atoms with Crippen molar-refractivity contribution in [1.29, 1.82) is 0 Å². The monoisotopic (exact) mass is 518 g/mol. The number of anilines is 2. The number of hydrogen-bond acceptors (Lipinski definition) is 6. The van der Waals surface area contributed by atoms with Crippen molar-refractivity contribution < 1.29 is 27.9 Å². The Morgan fingerprint density at radius 3 is 2.56 bits per heavy atom. The number of carbonyl (C=O) groups excluding carboxylic acids is 2. The molecule has 10 nitrogen and oxygen atoms in total. The number of nitrogens with zero attached hydrogens (tertiary/aromatic N) is 2. The van der Waals surface area contributed by atoms with Crippen molar-refractivity contribution in [2.75, 3.05) is 43.0 Å². The highest BCUT2D eigenvalue weighted by atomic mass is 32.2. The minimum atomic E-state index is -3.51. The number of likely N-dealkylation sites (N-methyl/N-ethyl adjacent to an activating group) is 1. The fraction of sp³-hybridized carbons (Fsp3) is 0.440. The highest BCUT2D eigenvalue weighted by Gasteiger charge is 2.32. The molecule has 36 heavy (non-hydrogen) atoms. The summed E-state index contributed by atoms with van der Waals surface area (Å²) in [6.45, 7) is 4.05. The average Bonchev–Trinajstić information content (AvgIpc) is 2.86. The summed E-state index contributed by atoms with van der Waals surface area (Å²) < 4.78 is 32.2. The number of rotatable bonds is 7. The zero-order valence-corrected chi connectivity index (χ0v) is 21.8. The van der Waals surface area contributed by atoms with Crippen molar-refractivity contribution >= 4 is 33.3 Å². The Hall–Kier alpha value is -3.31. The Kier molecular flexibility index (Phi) is 8.80. The highest BCUT2D eigenvalue weighted by molar-refractivity contribution is 7.92. The van der Waals surface area contributed by atoms with Crippen LogP contribution >= 0.6 is 0 Å². The van der Waals surface area contributed by atoms with Crippen LogP contribution in [0.3, 0.4) is 0 Å². The van der Waals surface area contributed by atoms with E-state index in [1.54, 1.807) is 49.2 Å². The highest BCUT2D eigenvalue weighted by Crippen LogP contribution is 2.29. The van der Waals surface area contributed by atoms with E-state index in [1.165, 1.54) is 4.90 Å². The molecule has 1 heterocycles. The van der Waals surface area contributed by atoms with Crippen LogP contribution in [0.15, 0.2) is 48.5 Å². The van der Waals surface area contributed by atoms with E-state index in [9.17, 15) is 23.1 Å². The number of ether oxygens (including phenoxy) is 1. The largest absolute Gasteiger partial charge is 0.488 e. The second-order valence-electron chi connectivity index (χ2n) is 9.26. The fourth-order valence-electron chi connectivity index (χ4n) is 4.02. The number of benzene rings is 2. The van der Waals surface area contributed by atoms with Gasteiger partial charge in [-0.2, -0.15) is 0 Å². The predicted octanol–water partition coefficient (Wildman–Crippen LogP) is 2.37. The van der Waals surface area contributed by atoms with E-state index in [0.29, 0.717) is 29.2 Å². The van der Waals surface area contributed by atoms with Crippen LogP contribution in [0.1, 0.15) is 19.4 Å². The quantitative estimate of drug-likeness (QED) is 0.516. The number of urea groups is 1. The zero-order chi connectivity index (χ0) is 26.5. The number of nitrogens with one attached hydrogen (secondary N) is 2. The van der Waals surface area contributed by atoms with Crippen molar-refractivity contribution in [2.45, 2.75) is 32.4 Å². The lowest BCUT2D eigenvalue weighted by Crippen LogP contribution is -2.48. The normalized spacial score (nSPS) is 19.1. The third kappa shape index (κ3) is 7.34. The number of sulfonamides is 1. The molecule has 0 bridgehead atoms. The smallest absolute Gasteiger partial charge is 0.321 e. The van der Waals surface area contributed by atoms with Crippen LogP contribution in [-0.2, 0) is 21.2 Å². The van der Waals surface area contributed by atoms with Crippen molar-refractivity contribution in [3.63, 3.8) is 0 Å². The summed E-state index contributed by atoms with van der Waals surface area (Å²) in [7, 11) is -1.84. The van der Waals surface area contributed by atoms with Gasteiger partial charge in [-0.3, -0.25) is 9.52 Å². The predicted molar refractivity (Wildman–Crippen MR) is 139 cm³/mol. The summed E-state index contributed by atoms with van der Waals surface area (Å²) in [5, 5.41) is 12.6. The first kappa shape index (κ1) is 27.3. The van der Waals surface area contributed by atoms with Gasteiger partial charge in [0.15, 0.2) is 0 Å². The molecular formula is C25H34N4O6S. The minimum absolute atomic E-state index is 0.0251. The second kappa shape index (κ2) is 11.6. The van der Waals surface area contributed by atoms with Gasteiger partial charge >= 0.3 is 6.03 Å². The van der Waals surface area contributed by atoms with Crippen molar-refractivity contribution in [3.05, 3.63) is 54.1 Å². The molecular weight excluding hydrogens is 484 g/mol. The van der Waals surface area contributed by atoms with Gasteiger partial charge in [0, 0.05) is 36.4 Å². The van der Waals surface area contributed by atoms with Crippen LogP contribution in [0.4, 0.5) is 16.2 Å². The molecule has 0 saturated heterocycles. The zero-order valence-electron chi connectivity index (χ0n) is 21.0. The lowest BCUT2D eigenvalue weighted by molar-refractivity contribution is -0.134. The standard InChI is InChI=1S/C25H34N4O6S/c1-17-14-29(18(2)16-30)24(31)13-19-12-21(27-36(4,33)34)10-11-22(19)35-23(17)15-28(3)25(32)26-20-8-6-5-7-9-20/h5-12,17-18,23,27,30H,13-16H2,1-4H3,(H,26,32)/t17-,18+,23-/m0/s1. The minimum Gasteiger partial charge on any atom is -0.488 e. The third-order valence-corrected chi connectivity index (χ3v) is 6.65. The molecule has 11 heteroatoms. The molecule has 3 N–H and O–H groups in total. The number of amides is 3. The maximum atomic E-state index is 13.2. The number of para-hydroxylation sites is 1. The van der Waals surface area contributed by atoms with Gasteiger partial charge in [0.2, 0.25) is 15.9 Å². The molecule has 0 fully saturated rings. The molecule has 2 aromatic carbocycles. The Balaban J connectivity index is 1.90. The van der Waals surface area contributed by atoms with E-state index < -0.39 is 22.2 Å². The SMILES string of the molecule is C[C@H](CO)N1C[C@H](C)[C@H](CN(C)C(=O)Nc2ccccc2)Oc2ccc(NS(C)(=O)=O)cc2CC1=O. The van der Waals surface area contributed by atoms with Gasteiger partial charge in [0.25, 0.3) is 0 Å². The van der Waals surface area contributed by atoms with E-state index >= 15 is 0 Å². The molecule has 1 aliphatic heterocycles.